The molecule has 5 nitrogen and oxygen atoms in total. The second kappa shape index (κ2) is 7.87. The molecule has 0 amide bonds. The Morgan fingerprint density at radius 2 is 1.00 bits per heavy atom. The summed E-state index contributed by atoms with van der Waals surface area (Å²) in [4.78, 5) is 0. The third-order valence-corrected chi connectivity index (χ3v) is 0. The maximum Gasteiger partial charge on any atom is 0.394 e. The molecule has 4 N–H and O–H groups in total. The van der Waals surface area contributed by atoms with Crippen LogP contribution in [-0.2, 0) is 44.5 Å². The molecular formula is H4Fe2O5S. The van der Waals surface area contributed by atoms with Gasteiger partial charge in [0.05, 0.1) is 0 Å². The second-order valence-electron chi connectivity index (χ2n) is 0.448. The molecule has 0 radical (unpaired) electrons. The van der Waals surface area contributed by atoms with Crippen molar-refractivity contribution in [2.75, 3.05) is 0 Å². The Labute approximate surface area is 67.7 Å². The fourth-order valence-electron chi connectivity index (χ4n) is 0. The van der Waals surface area contributed by atoms with Gasteiger partial charge in [0.1, 0.15) is 0 Å². The molecule has 0 saturated heterocycles. The molecule has 0 aliphatic rings. The van der Waals surface area contributed by atoms with Crippen LogP contribution in [0, 0.1) is 0 Å². The monoisotopic (exact) mass is 228 g/mol. The molecule has 0 aromatic carbocycles. The van der Waals surface area contributed by atoms with Crippen LogP contribution in [0.5, 0.6) is 0 Å². The fourth-order valence-corrected chi connectivity index (χ4v) is 0. The minimum absolute atomic E-state index is 0. The predicted molar refractivity (Wildman–Crippen MR) is 17.8 cm³/mol. The van der Waals surface area contributed by atoms with Crippen molar-refractivity contribution >= 4 is 10.4 Å². The summed E-state index contributed by atoms with van der Waals surface area (Å²) >= 11 is 0. The van der Waals surface area contributed by atoms with E-state index in [0.717, 1.165) is 0 Å². The van der Waals surface area contributed by atoms with E-state index in [1.165, 1.54) is 0 Å². The maximum atomic E-state index is 8.74. The van der Waals surface area contributed by atoms with Crippen molar-refractivity contribution in [3.8, 4) is 0 Å². The Morgan fingerprint density at radius 3 is 1.00 bits per heavy atom. The van der Waals surface area contributed by atoms with Crippen LogP contribution in [0.3, 0.4) is 0 Å². The van der Waals surface area contributed by atoms with Gasteiger partial charge in [-0.3, -0.25) is 9.11 Å². The van der Waals surface area contributed by atoms with Gasteiger partial charge in [0.2, 0.25) is 0 Å². The van der Waals surface area contributed by atoms with E-state index >= 15 is 0 Å². The molecule has 0 aliphatic heterocycles. The number of hydrogen-bond acceptors (Lipinski definition) is 2. The van der Waals surface area contributed by atoms with Gasteiger partial charge in [0.15, 0.2) is 0 Å². The summed E-state index contributed by atoms with van der Waals surface area (Å²) in [6, 6.07) is 0. The van der Waals surface area contributed by atoms with Gasteiger partial charge in [0.25, 0.3) is 0 Å². The van der Waals surface area contributed by atoms with E-state index in [1.807, 2.05) is 0 Å². The van der Waals surface area contributed by atoms with Crippen LogP contribution >= 0.6 is 0 Å². The van der Waals surface area contributed by atoms with Crippen molar-refractivity contribution in [2.45, 2.75) is 0 Å². The zero-order chi connectivity index (χ0) is 4.50. The molecule has 56 valence electrons. The van der Waals surface area contributed by atoms with Crippen molar-refractivity contribution in [2.24, 2.45) is 0 Å². The van der Waals surface area contributed by atoms with E-state index in [2.05, 4.69) is 0 Å². The normalized spacial score (nSPS) is 7.25. The van der Waals surface area contributed by atoms with E-state index in [-0.39, 0.29) is 39.6 Å². The third kappa shape index (κ3) is 313. The zero-order valence-corrected chi connectivity index (χ0v) is 6.35. The van der Waals surface area contributed by atoms with Crippen LogP contribution in [0.15, 0.2) is 0 Å². The molecule has 8 heteroatoms. The summed E-state index contributed by atoms with van der Waals surface area (Å²) < 4.78 is 31.6. The van der Waals surface area contributed by atoms with Gasteiger partial charge in [-0.05, 0) is 0 Å². The van der Waals surface area contributed by atoms with E-state index in [9.17, 15) is 0 Å². The van der Waals surface area contributed by atoms with Crippen molar-refractivity contribution in [3.05, 3.63) is 0 Å². The molecule has 0 aromatic heterocycles. The van der Waals surface area contributed by atoms with E-state index in [1.54, 1.807) is 0 Å². The summed E-state index contributed by atoms with van der Waals surface area (Å²) in [6.07, 6.45) is 0. The Balaban J connectivity index is -0.0000000267. The Morgan fingerprint density at radius 1 is 1.00 bits per heavy atom. The van der Waals surface area contributed by atoms with E-state index in [0.29, 0.717) is 0 Å². The first-order valence-electron chi connectivity index (χ1n) is 0.698. The summed E-state index contributed by atoms with van der Waals surface area (Å²) in [7, 11) is -4.67. The average Bonchev–Trinajstić information content (AvgIpc) is 0.722. The fraction of sp³-hybridized carbons (Fsp3) is 0. The first-order chi connectivity index (χ1) is 2.00. The van der Waals surface area contributed by atoms with Crippen LogP contribution in [0.2, 0.25) is 0 Å². The number of rotatable bonds is 0. The Bertz CT molecular complexity index is 93.6. The standard InChI is InChI=1S/2Fe.H2O4S.H2O/c;;1-5(2,3)4;/h;;(H2,1,2,3,4);1H2. The molecule has 0 aromatic rings. The van der Waals surface area contributed by atoms with Crippen LogP contribution in [0.4, 0.5) is 0 Å². The topological polar surface area (TPSA) is 106 Å². The molecule has 0 bridgehead atoms. The molecule has 0 rings (SSSR count). The van der Waals surface area contributed by atoms with Crippen molar-refractivity contribution in [1.29, 1.82) is 0 Å². The second-order valence-corrected chi connectivity index (χ2v) is 1.34. The molecule has 0 saturated carbocycles. The van der Waals surface area contributed by atoms with Gasteiger partial charge >= 0.3 is 10.4 Å². The molecule has 0 unspecified atom stereocenters. The molecular weight excluding hydrogens is 224 g/mol. The smallest absolute Gasteiger partial charge is 0.394 e. The molecule has 8 heavy (non-hydrogen) atoms. The maximum absolute atomic E-state index is 8.74. The number of hydrogen-bond donors (Lipinski definition) is 2. The molecule has 0 spiro atoms. The van der Waals surface area contributed by atoms with Crippen LogP contribution in [-0.4, -0.2) is 23.0 Å². The van der Waals surface area contributed by atoms with Gasteiger partial charge < -0.3 is 5.48 Å². The summed E-state index contributed by atoms with van der Waals surface area (Å²) in [5.41, 5.74) is 0. The van der Waals surface area contributed by atoms with E-state index < -0.39 is 10.4 Å². The Hall–Kier alpha value is 0.869. The summed E-state index contributed by atoms with van der Waals surface area (Å²) in [5.74, 6) is 0. The first kappa shape index (κ1) is 23.2. The van der Waals surface area contributed by atoms with Crippen molar-refractivity contribution in [1.82, 2.24) is 0 Å². The van der Waals surface area contributed by atoms with Gasteiger partial charge in [-0.1, -0.05) is 0 Å². The zero-order valence-electron chi connectivity index (χ0n) is 3.33. The minimum Gasteiger partial charge on any atom is -0.412 e. The molecule has 0 heterocycles. The quantitative estimate of drug-likeness (QED) is 0.389. The van der Waals surface area contributed by atoms with Gasteiger partial charge in [0, 0.05) is 34.1 Å². The SMILES string of the molecule is O.O=S(=O)(O)O.[Fe].[Fe]. The van der Waals surface area contributed by atoms with Crippen molar-refractivity contribution < 1.29 is 57.1 Å². The Kier molecular flexibility index (Phi) is 22.8. The average molecular weight is 228 g/mol. The van der Waals surface area contributed by atoms with Crippen LogP contribution < -0.4 is 0 Å². The minimum atomic E-state index is -4.67. The van der Waals surface area contributed by atoms with Gasteiger partial charge in [-0.25, -0.2) is 0 Å². The largest absolute Gasteiger partial charge is 0.412 e. The predicted octanol–water partition coefficient (Wildman–Crippen LogP) is -1.48. The van der Waals surface area contributed by atoms with Gasteiger partial charge in [-0.15, -0.1) is 0 Å². The molecule has 0 atom stereocenters. The van der Waals surface area contributed by atoms with Crippen LogP contribution in [0.25, 0.3) is 0 Å². The third-order valence-electron chi connectivity index (χ3n) is 0. The first-order valence-corrected chi connectivity index (χ1v) is 2.10. The molecule has 0 aliphatic carbocycles. The van der Waals surface area contributed by atoms with Crippen LogP contribution in [0.1, 0.15) is 0 Å². The summed E-state index contributed by atoms with van der Waals surface area (Å²) in [5, 5.41) is 0. The summed E-state index contributed by atoms with van der Waals surface area (Å²) in [6.45, 7) is 0. The van der Waals surface area contributed by atoms with E-state index in [4.69, 9.17) is 17.5 Å². The molecule has 0 fully saturated rings. The van der Waals surface area contributed by atoms with Crippen molar-refractivity contribution in [3.63, 3.8) is 0 Å². The van der Waals surface area contributed by atoms with Gasteiger partial charge in [-0.2, -0.15) is 8.42 Å².